The minimum Gasteiger partial charge on any atom is -0.347 e. The van der Waals surface area contributed by atoms with Crippen LogP contribution in [-0.4, -0.2) is 16.2 Å². The predicted molar refractivity (Wildman–Crippen MR) is 83.3 cm³/mol. The maximum atomic E-state index is 10.7. The summed E-state index contributed by atoms with van der Waals surface area (Å²) < 4.78 is 4.04. The van der Waals surface area contributed by atoms with E-state index in [4.69, 9.17) is 5.26 Å². The molecule has 0 aliphatic carbocycles. The highest BCUT2D eigenvalue weighted by Crippen LogP contribution is 2.07. The molecule has 5 nitrogen and oxygen atoms in total. The second-order valence-electron chi connectivity index (χ2n) is 4.21. The summed E-state index contributed by atoms with van der Waals surface area (Å²) >= 11 is 0. The van der Waals surface area contributed by atoms with Gasteiger partial charge in [0, 0.05) is 11.5 Å². The molecule has 0 saturated heterocycles. The molecule has 0 aliphatic heterocycles. The van der Waals surface area contributed by atoms with Gasteiger partial charge in [-0.25, -0.2) is 4.79 Å². The average molecular weight is 291 g/mol. The first-order chi connectivity index (χ1) is 10.8. The molecule has 0 unspecified atom stereocenters. The Labute approximate surface area is 127 Å². The zero-order valence-electron chi connectivity index (χ0n) is 11.6. The van der Waals surface area contributed by atoms with E-state index in [1.807, 2.05) is 60.8 Å². The number of H-pyrrole nitrogens is 1. The van der Waals surface area contributed by atoms with Crippen molar-refractivity contribution < 1.29 is 9.53 Å². The summed E-state index contributed by atoms with van der Waals surface area (Å²) in [5.74, 6) is -0.661. The van der Waals surface area contributed by atoms with Gasteiger partial charge in [-0.3, -0.25) is 5.10 Å². The van der Waals surface area contributed by atoms with E-state index in [0.717, 1.165) is 16.5 Å². The van der Waals surface area contributed by atoms with Gasteiger partial charge in [0.25, 0.3) is 6.26 Å². The summed E-state index contributed by atoms with van der Waals surface area (Å²) in [6.07, 6.45) is 5.91. The molecule has 0 atom stereocenters. The number of carbonyl (C=O) groups excluding carboxylic acids is 1. The van der Waals surface area contributed by atoms with Crippen LogP contribution in [-0.2, 0) is 9.53 Å². The minimum absolute atomic E-state index is 0.661. The number of esters is 1. The van der Waals surface area contributed by atoms with E-state index in [2.05, 4.69) is 14.9 Å². The number of fused-ring (bicyclic) bond motifs is 1. The van der Waals surface area contributed by atoms with Gasteiger partial charge in [0.15, 0.2) is 0 Å². The van der Waals surface area contributed by atoms with Gasteiger partial charge in [-0.05, 0) is 17.7 Å². The highest BCUT2D eigenvalue weighted by Gasteiger charge is 1.93. The highest BCUT2D eigenvalue weighted by atomic mass is 16.5. The Bertz CT molecular complexity index is 771. The zero-order valence-corrected chi connectivity index (χ0v) is 11.6. The topological polar surface area (TPSA) is 78.8 Å². The predicted octanol–water partition coefficient (Wildman–Crippen LogP) is 3.29. The van der Waals surface area contributed by atoms with Crippen LogP contribution in [0.15, 0.2) is 66.9 Å². The van der Waals surface area contributed by atoms with Gasteiger partial charge in [0.1, 0.15) is 0 Å². The van der Waals surface area contributed by atoms with E-state index in [0.29, 0.717) is 0 Å². The molecule has 0 aliphatic rings. The number of para-hydroxylation sites is 1. The Balaban J connectivity index is 0.000000170. The third-order valence-corrected chi connectivity index (χ3v) is 2.71. The van der Waals surface area contributed by atoms with Crippen molar-refractivity contribution in [1.29, 1.82) is 5.26 Å². The summed E-state index contributed by atoms with van der Waals surface area (Å²) in [6.45, 7) is 0. The number of rotatable bonds is 2. The van der Waals surface area contributed by atoms with Gasteiger partial charge < -0.3 is 4.74 Å². The summed E-state index contributed by atoms with van der Waals surface area (Å²) in [5.41, 5.74) is 1.98. The Morgan fingerprint density at radius 2 is 1.86 bits per heavy atom. The molecule has 1 heterocycles. The standard InChI is InChI=1S/C10H7NO2.C7H6N2/c11-8-13-10(12)7-6-9-4-2-1-3-5-9;1-2-4-7-6(3-1)5-8-9-7/h1-7H;1-5H,(H,8,9). The molecule has 0 saturated carbocycles. The summed E-state index contributed by atoms with van der Waals surface area (Å²) in [7, 11) is 0. The van der Waals surface area contributed by atoms with Crippen molar-refractivity contribution in [1.82, 2.24) is 10.2 Å². The van der Waals surface area contributed by atoms with Gasteiger partial charge in [-0.1, -0.05) is 48.5 Å². The molecule has 1 aromatic heterocycles. The van der Waals surface area contributed by atoms with Crippen molar-refractivity contribution in [3.05, 3.63) is 72.4 Å². The molecule has 0 fully saturated rings. The van der Waals surface area contributed by atoms with E-state index < -0.39 is 5.97 Å². The molecule has 1 N–H and O–H groups in total. The lowest BCUT2D eigenvalue weighted by atomic mass is 10.2. The Morgan fingerprint density at radius 3 is 2.59 bits per heavy atom. The number of carbonyl (C=O) groups is 1. The molecule has 3 aromatic rings. The second kappa shape index (κ2) is 8.02. The number of benzene rings is 2. The van der Waals surface area contributed by atoms with Crippen LogP contribution in [0.3, 0.4) is 0 Å². The fraction of sp³-hybridized carbons (Fsp3) is 0. The first-order valence-corrected chi connectivity index (χ1v) is 6.51. The number of nitrogens with zero attached hydrogens (tertiary/aromatic N) is 2. The van der Waals surface area contributed by atoms with Crippen LogP contribution >= 0.6 is 0 Å². The maximum Gasteiger partial charge on any atom is 0.346 e. The van der Waals surface area contributed by atoms with Gasteiger partial charge in [-0.15, -0.1) is 5.26 Å². The van der Waals surface area contributed by atoms with Crippen molar-refractivity contribution in [2.24, 2.45) is 0 Å². The Morgan fingerprint density at radius 1 is 1.14 bits per heavy atom. The molecule has 3 rings (SSSR count). The van der Waals surface area contributed by atoms with Crippen LogP contribution in [0.4, 0.5) is 0 Å². The summed E-state index contributed by atoms with van der Waals surface area (Å²) in [4.78, 5) is 10.7. The first kappa shape index (κ1) is 15.0. The average Bonchev–Trinajstić information content (AvgIpc) is 3.03. The number of aromatic amines is 1. The molecule has 0 bridgehead atoms. The van der Waals surface area contributed by atoms with E-state index in [9.17, 15) is 4.79 Å². The lowest BCUT2D eigenvalue weighted by Gasteiger charge is -1.89. The van der Waals surface area contributed by atoms with Crippen molar-refractivity contribution in [3.63, 3.8) is 0 Å². The smallest absolute Gasteiger partial charge is 0.346 e. The van der Waals surface area contributed by atoms with Crippen molar-refractivity contribution in [2.45, 2.75) is 0 Å². The number of aromatic nitrogens is 2. The third kappa shape index (κ3) is 4.62. The summed E-state index contributed by atoms with van der Waals surface area (Å²) in [6, 6.07) is 17.3. The van der Waals surface area contributed by atoms with Crippen molar-refractivity contribution in [2.75, 3.05) is 0 Å². The number of ether oxygens (including phenoxy) is 1. The van der Waals surface area contributed by atoms with Crippen LogP contribution in [0.5, 0.6) is 0 Å². The molecule has 108 valence electrons. The lowest BCUT2D eigenvalue weighted by Crippen LogP contribution is -1.92. The molecule has 5 heteroatoms. The van der Waals surface area contributed by atoms with Crippen molar-refractivity contribution in [3.8, 4) is 6.26 Å². The van der Waals surface area contributed by atoms with Crippen molar-refractivity contribution >= 4 is 22.9 Å². The number of nitrogens with one attached hydrogen (secondary N) is 1. The molecule has 22 heavy (non-hydrogen) atoms. The van der Waals surface area contributed by atoms with Crippen LogP contribution in [0, 0.1) is 11.5 Å². The van der Waals surface area contributed by atoms with Gasteiger partial charge in [0.2, 0.25) is 0 Å². The fourth-order valence-electron chi connectivity index (χ4n) is 1.69. The minimum atomic E-state index is -0.661. The van der Waals surface area contributed by atoms with E-state index in [1.165, 1.54) is 12.3 Å². The third-order valence-electron chi connectivity index (χ3n) is 2.71. The molecule has 0 spiro atoms. The normalized spacial score (nSPS) is 9.77. The monoisotopic (exact) mass is 291 g/mol. The van der Waals surface area contributed by atoms with Crippen LogP contribution < -0.4 is 0 Å². The number of hydrogen-bond donors (Lipinski definition) is 1. The van der Waals surface area contributed by atoms with E-state index >= 15 is 0 Å². The van der Waals surface area contributed by atoms with Crippen LogP contribution in [0.2, 0.25) is 0 Å². The van der Waals surface area contributed by atoms with E-state index in [1.54, 1.807) is 6.08 Å². The second-order valence-corrected chi connectivity index (χ2v) is 4.21. The molecule has 0 amide bonds. The highest BCUT2D eigenvalue weighted by molar-refractivity contribution is 5.87. The quantitative estimate of drug-likeness (QED) is 0.446. The van der Waals surface area contributed by atoms with Gasteiger partial charge >= 0.3 is 5.97 Å². The molecular formula is C17H13N3O2. The zero-order chi connectivity index (χ0) is 15.6. The largest absolute Gasteiger partial charge is 0.347 e. The van der Waals surface area contributed by atoms with Crippen LogP contribution in [0.1, 0.15) is 5.56 Å². The van der Waals surface area contributed by atoms with Gasteiger partial charge in [0.05, 0.1) is 11.7 Å². The SMILES string of the molecule is N#COC(=O)C=Cc1ccccc1.c1ccc2[nH]ncc2c1. The fourth-order valence-corrected chi connectivity index (χ4v) is 1.69. The lowest BCUT2D eigenvalue weighted by molar-refractivity contribution is -0.131. The number of nitriles is 1. The molecule has 2 aromatic carbocycles. The molecule has 0 radical (unpaired) electrons. The first-order valence-electron chi connectivity index (χ1n) is 6.51. The number of hydrogen-bond acceptors (Lipinski definition) is 4. The summed E-state index contributed by atoms with van der Waals surface area (Å²) in [5, 5.41) is 15.9. The van der Waals surface area contributed by atoms with Crippen LogP contribution in [0.25, 0.3) is 17.0 Å². The maximum absolute atomic E-state index is 10.7. The van der Waals surface area contributed by atoms with E-state index in [-0.39, 0.29) is 0 Å². The molecular weight excluding hydrogens is 278 g/mol. The Kier molecular flexibility index (Phi) is 5.47. The van der Waals surface area contributed by atoms with Gasteiger partial charge in [-0.2, -0.15) is 5.10 Å². The Hall–Kier alpha value is -3.39.